The van der Waals surface area contributed by atoms with Crippen molar-refractivity contribution in [2.24, 2.45) is 0 Å². The largest absolute Gasteiger partial charge is 0.481 e. The Kier molecular flexibility index (Phi) is 6.77. The summed E-state index contributed by atoms with van der Waals surface area (Å²) in [4.78, 5) is 40.8. The van der Waals surface area contributed by atoms with Crippen LogP contribution in [0.4, 0.5) is 16.2 Å². The van der Waals surface area contributed by atoms with Crippen LogP contribution in [0.3, 0.4) is 0 Å². The predicted molar refractivity (Wildman–Crippen MR) is 132 cm³/mol. The number of halogens is 2. The van der Waals surface area contributed by atoms with Gasteiger partial charge < -0.3 is 15.7 Å². The number of hydrogen-bond donors (Lipinski definition) is 3. The molecule has 3 N–H and O–H groups in total. The minimum absolute atomic E-state index is 0.188. The number of nitrogens with one attached hydrogen (secondary N) is 2. The fourth-order valence-corrected chi connectivity index (χ4v) is 3.74. The van der Waals surface area contributed by atoms with Crippen LogP contribution in [0.25, 0.3) is 10.8 Å². The zero-order valence-electron chi connectivity index (χ0n) is 17.5. The normalized spacial score (nSPS) is 10.6. The van der Waals surface area contributed by atoms with Gasteiger partial charge in [0.1, 0.15) is 5.69 Å². The summed E-state index contributed by atoms with van der Waals surface area (Å²) in [5.74, 6) is -1.29. The molecule has 0 fully saturated rings. The molecular weight excluding hydrogens is 477 g/mol. The second-order valence-corrected chi connectivity index (χ2v) is 8.18. The molecule has 0 bridgehead atoms. The summed E-state index contributed by atoms with van der Waals surface area (Å²) in [6, 6.07) is 17.7. The van der Waals surface area contributed by atoms with Crippen LogP contribution >= 0.6 is 23.2 Å². The number of rotatable bonds is 6. The fourth-order valence-electron chi connectivity index (χ4n) is 3.44. The maximum Gasteiger partial charge on any atom is 0.323 e. The summed E-state index contributed by atoms with van der Waals surface area (Å²) in [5.41, 5.74) is 2.08. The third-order valence-electron chi connectivity index (χ3n) is 5.02. The Hall–Kier alpha value is -3.94. The SMILES string of the molecule is O=C(O)Cc1cnc(C(=O)c2ccc(NC(=O)Nc3ccc(Cl)c(Cl)c3)cc2)c2ccccc12. The van der Waals surface area contributed by atoms with Crippen LogP contribution in [-0.4, -0.2) is 27.9 Å². The number of aliphatic carboxylic acids is 1. The Bertz CT molecular complexity index is 1420. The van der Waals surface area contributed by atoms with Gasteiger partial charge in [0.05, 0.1) is 16.5 Å². The number of carbonyl (C=O) groups excluding carboxylic acids is 2. The first kappa shape index (κ1) is 23.2. The lowest BCUT2D eigenvalue weighted by Crippen LogP contribution is -2.19. The number of nitrogens with zero attached hydrogens (tertiary/aromatic N) is 1. The summed E-state index contributed by atoms with van der Waals surface area (Å²) in [6.45, 7) is 0. The van der Waals surface area contributed by atoms with Crippen LogP contribution in [0.5, 0.6) is 0 Å². The van der Waals surface area contributed by atoms with Gasteiger partial charge in [0.15, 0.2) is 0 Å². The lowest BCUT2D eigenvalue weighted by atomic mass is 9.98. The number of carboxylic acids is 1. The van der Waals surface area contributed by atoms with Crippen molar-refractivity contribution in [2.75, 3.05) is 10.6 Å². The van der Waals surface area contributed by atoms with Gasteiger partial charge in [-0.3, -0.25) is 14.6 Å². The van der Waals surface area contributed by atoms with Crippen molar-refractivity contribution < 1.29 is 19.5 Å². The number of ketones is 1. The third kappa shape index (κ3) is 5.17. The van der Waals surface area contributed by atoms with Crippen LogP contribution in [-0.2, 0) is 11.2 Å². The second-order valence-electron chi connectivity index (χ2n) is 7.36. The summed E-state index contributed by atoms with van der Waals surface area (Å²) in [5, 5.41) is 16.4. The van der Waals surface area contributed by atoms with Gasteiger partial charge in [0.25, 0.3) is 0 Å². The average molecular weight is 494 g/mol. The molecule has 9 heteroatoms. The van der Waals surface area contributed by atoms with Crippen LogP contribution in [0.1, 0.15) is 21.6 Å². The van der Waals surface area contributed by atoms with Gasteiger partial charge in [0.2, 0.25) is 5.78 Å². The second kappa shape index (κ2) is 9.91. The van der Waals surface area contributed by atoms with Crippen molar-refractivity contribution in [3.63, 3.8) is 0 Å². The van der Waals surface area contributed by atoms with E-state index in [0.29, 0.717) is 43.3 Å². The molecular formula is C25H17Cl2N3O4. The van der Waals surface area contributed by atoms with Crippen molar-refractivity contribution in [1.82, 2.24) is 4.98 Å². The van der Waals surface area contributed by atoms with Crippen molar-refractivity contribution in [3.05, 3.63) is 99.8 Å². The van der Waals surface area contributed by atoms with Crippen molar-refractivity contribution in [2.45, 2.75) is 6.42 Å². The van der Waals surface area contributed by atoms with E-state index in [-0.39, 0.29) is 17.9 Å². The molecule has 0 saturated heterocycles. The van der Waals surface area contributed by atoms with E-state index in [9.17, 15) is 14.4 Å². The quantitative estimate of drug-likeness (QED) is 0.283. The molecule has 1 heterocycles. The van der Waals surface area contributed by atoms with Crippen LogP contribution in [0, 0.1) is 0 Å². The van der Waals surface area contributed by atoms with Crippen molar-refractivity contribution in [3.8, 4) is 0 Å². The van der Waals surface area contributed by atoms with Crippen molar-refractivity contribution in [1.29, 1.82) is 0 Å². The molecule has 2 amide bonds. The van der Waals surface area contributed by atoms with Crippen LogP contribution in [0.15, 0.2) is 72.9 Å². The highest BCUT2D eigenvalue weighted by molar-refractivity contribution is 6.42. The standard InChI is InChI=1S/C25H17Cl2N3O4/c26-20-10-9-17(12-21(20)27)30-25(34)29-16-7-5-14(6-8-16)24(33)23-19-4-2-1-3-18(19)15(13-28-23)11-22(31)32/h1-10,12-13H,11H2,(H,31,32)(H2,29,30,34). The van der Waals surface area contributed by atoms with E-state index in [1.54, 1.807) is 60.7 Å². The molecule has 0 unspecified atom stereocenters. The number of benzene rings is 3. The highest BCUT2D eigenvalue weighted by Crippen LogP contribution is 2.26. The van der Waals surface area contributed by atoms with Gasteiger partial charge in [-0.05, 0) is 53.4 Å². The van der Waals surface area contributed by atoms with E-state index in [1.807, 2.05) is 0 Å². The van der Waals surface area contributed by atoms with Crippen LogP contribution < -0.4 is 10.6 Å². The summed E-state index contributed by atoms with van der Waals surface area (Å²) >= 11 is 11.8. The summed E-state index contributed by atoms with van der Waals surface area (Å²) in [6.07, 6.45) is 1.24. The van der Waals surface area contributed by atoms with E-state index in [0.717, 1.165) is 0 Å². The summed E-state index contributed by atoms with van der Waals surface area (Å²) in [7, 11) is 0. The number of fused-ring (bicyclic) bond motifs is 1. The van der Waals surface area contributed by atoms with Crippen molar-refractivity contribution >= 4 is 63.1 Å². The lowest BCUT2D eigenvalue weighted by Gasteiger charge is -2.10. The molecule has 0 aliphatic carbocycles. The number of urea groups is 1. The number of pyridine rings is 1. The van der Waals surface area contributed by atoms with E-state index in [4.69, 9.17) is 28.3 Å². The molecule has 4 aromatic rings. The first-order chi connectivity index (χ1) is 16.3. The molecule has 1 aromatic heterocycles. The van der Waals surface area contributed by atoms with Gasteiger partial charge in [-0.15, -0.1) is 0 Å². The molecule has 7 nitrogen and oxygen atoms in total. The maximum absolute atomic E-state index is 13.1. The Morgan fingerprint density at radius 2 is 1.47 bits per heavy atom. The zero-order valence-corrected chi connectivity index (χ0v) is 19.0. The number of anilines is 2. The molecule has 170 valence electrons. The molecule has 0 spiro atoms. The number of amides is 2. The molecule has 0 radical (unpaired) electrons. The first-order valence-electron chi connectivity index (χ1n) is 10.1. The number of hydrogen-bond acceptors (Lipinski definition) is 4. The first-order valence-corrected chi connectivity index (χ1v) is 10.8. The van der Waals surface area contributed by atoms with Gasteiger partial charge in [0, 0.05) is 28.5 Å². The van der Waals surface area contributed by atoms with Gasteiger partial charge >= 0.3 is 12.0 Å². The molecule has 4 rings (SSSR count). The highest BCUT2D eigenvalue weighted by Gasteiger charge is 2.17. The van der Waals surface area contributed by atoms with Gasteiger partial charge in [-0.25, -0.2) is 4.79 Å². The Balaban J connectivity index is 1.51. The fraction of sp³-hybridized carbons (Fsp3) is 0.0400. The Morgan fingerprint density at radius 3 is 2.15 bits per heavy atom. The number of carbonyl (C=O) groups is 3. The molecule has 3 aromatic carbocycles. The topological polar surface area (TPSA) is 108 Å². The smallest absolute Gasteiger partial charge is 0.323 e. The van der Waals surface area contributed by atoms with E-state index >= 15 is 0 Å². The minimum Gasteiger partial charge on any atom is -0.481 e. The molecule has 0 aliphatic rings. The lowest BCUT2D eigenvalue weighted by molar-refractivity contribution is -0.136. The van der Waals surface area contributed by atoms with Crippen LogP contribution in [0.2, 0.25) is 10.0 Å². The minimum atomic E-state index is -0.975. The molecule has 0 aliphatic heterocycles. The number of carboxylic acid groups (broad SMARTS) is 1. The molecule has 34 heavy (non-hydrogen) atoms. The average Bonchev–Trinajstić information content (AvgIpc) is 2.81. The predicted octanol–water partition coefficient (Wildman–Crippen LogP) is 6.04. The van der Waals surface area contributed by atoms with E-state index in [2.05, 4.69) is 15.6 Å². The Labute approximate surface area is 204 Å². The Morgan fingerprint density at radius 1 is 0.824 bits per heavy atom. The molecule has 0 saturated carbocycles. The van der Waals surface area contributed by atoms with Gasteiger partial charge in [-0.1, -0.05) is 47.5 Å². The maximum atomic E-state index is 13.1. The monoisotopic (exact) mass is 493 g/mol. The summed E-state index contributed by atoms with van der Waals surface area (Å²) < 4.78 is 0. The third-order valence-corrected chi connectivity index (χ3v) is 5.76. The zero-order chi connectivity index (χ0) is 24.2. The number of aromatic nitrogens is 1. The van der Waals surface area contributed by atoms with Gasteiger partial charge in [-0.2, -0.15) is 0 Å². The molecule has 0 atom stereocenters. The highest BCUT2D eigenvalue weighted by atomic mass is 35.5. The van der Waals surface area contributed by atoms with E-state index < -0.39 is 12.0 Å². The van der Waals surface area contributed by atoms with E-state index in [1.165, 1.54) is 12.3 Å².